The van der Waals surface area contributed by atoms with Gasteiger partial charge in [0.15, 0.2) is 0 Å². The fourth-order valence-electron chi connectivity index (χ4n) is 2.76. The van der Waals surface area contributed by atoms with Crippen LogP contribution in [0.5, 0.6) is 5.75 Å². The first kappa shape index (κ1) is 21.8. The summed E-state index contributed by atoms with van der Waals surface area (Å²) < 4.78 is 31.7. The normalized spacial score (nSPS) is 11.1. The maximum atomic E-state index is 12.8. The van der Waals surface area contributed by atoms with Crippen LogP contribution in [0.3, 0.4) is 0 Å². The number of amides is 1. The molecule has 2 aromatic carbocycles. The van der Waals surface area contributed by atoms with Crippen molar-refractivity contribution < 1.29 is 17.9 Å². The predicted molar refractivity (Wildman–Crippen MR) is 122 cm³/mol. The van der Waals surface area contributed by atoms with Crippen molar-refractivity contribution in [2.24, 2.45) is 0 Å². The van der Waals surface area contributed by atoms with Gasteiger partial charge in [0.1, 0.15) is 10.6 Å². The van der Waals surface area contributed by atoms with Gasteiger partial charge in [-0.05, 0) is 29.3 Å². The lowest BCUT2D eigenvalue weighted by atomic mass is 10.2. The molecule has 1 aromatic heterocycles. The molecule has 0 aliphatic carbocycles. The summed E-state index contributed by atoms with van der Waals surface area (Å²) in [7, 11) is -1.90. The number of sulfonamides is 1. The first-order valence-corrected chi connectivity index (χ1v) is 11.6. The highest BCUT2D eigenvalue weighted by molar-refractivity contribution is 7.88. The number of rotatable bonds is 9. The van der Waals surface area contributed by atoms with Gasteiger partial charge in [0.05, 0.1) is 12.9 Å². The largest absolute Gasteiger partial charge is 0.495 e. The standard InChI is InChI=1S/C22H22N2O4S2/c1-3-13-23-30(26,27)15-16-9-11-18(12-10-16)24-22(25)21-19(28-2)14-20(29-21)17-7-5-4-6-8-17/h3-12,14,23H,1,13,15H2,2H3,(H,24,25). The van der Waals surface area contributed by atoms with E-state index in [1.54, 1.807) is 24.3 Å². The van der Waals surface area contributed by atoms with Crippen molar-refractivity contribution in [1.29, 1.82) is 0 Å². The number of ether oxygens (including phenoxy) is 1. The van der Waals surface area contributed by atoms with E-state index in [0.717, 1.165) is 10.4 Å². The molecule has 0 unspecified atom stereocenters. The molecule has 156 valence electrons. The number of anilines is 1. The van der Waals surface area contributed by atoms with Crippen LogP contribution in [0.4, 0.5) is 5.69 Å². The molecule has 8 heteroatoms. The van der Waals surface area contributed by atoms with E-state index in [4.69, 9.17) is 4.74 Å². The molecule has 0 atom stereocenters. The van der Waals surface area contributed by atoms with E-state index in [1.165, 1.54) is 24.5 Å². The van der Waals surface area contributed by atoms with E-state index < -0.39 is 10.0 Å². The van der Waals surface area contributed by atoms with E-state index in [9.17, 15) is 13.2 Å². The molecule has 0 radical (unpaired) electrons. The van der Waals surface area contributed by atoms with Gasteiger partial charge >= 0.3 is 0 Å². The van der Waals surface area contributed by atoms with Crippen molar-refractivity contribution in [3.8, 4) is 16.2 Å². The highest BCUT2D eigenvalue weighted by Gasteiger charge is 2.18. The zero-order chi connectivity index (χ0) is 21.6. The van der Waals surface area contributed by atoms with E-state index in [0.29, 0.717) is 21.9 Å². The molecule has 0 bridgehead atoms. The van der Waals surface area contributed by atoms with Crippen LogP contribution in [-0.2, 0) is 15.8 Å². The zero-order valence-electron chi connectivity index (χ0n) is 16.4. The molecule has 0 spiro atoms. The average Bonchev–Trinajstić information content (AvgIpc) is 3.19. The molecule has 6 nitrogen and oxygen atoms in total. The summed E-state index contributed by atoms with van der Waals surface area (Å²) in [4.78, 5) is 14.2. The molecule has 0 aliphatic rings. The monoisotopic (exact) mass is 442 g/mol. The number of nitrogens with one attached hydrogen (secondary N) is 2. The van der Waals surface area contributed by atoms with Gasteiger partial charge in [-0.1, -0.05) is 48.5 Å². The highest BCUT2D eigenvalue weighted by atomic mass is 32.2. The van der Waals surface area contributed by atoms with Crippen LogP contribution < -0.4 is 14.8 Å². The van der Waals surface area contributed by atoms with Crippen molar-refractivity contribution in [3.05, 3.63) is 83.8 Å². The fraction of sp³-hybridized carbons (Fsp3) is 0.136. The Hall–Kier alpha value is -2.94. The minimum absolute atomic E-state index is 0.145. The molecule has 2 N–H and O–H groups in total. The van der Waals surface area contributed by atoms with Crippen molar-refractivity contribution in [1.82, 2.24) is 4.72 Å². The second-order valence-electron chi connectivity index (χ2n) is 6.42. The van der Waals surface area contributed by atoms with Crippen molar-refractivity contribution in [3.63, 3.8) is 0 Å². The van der Waals surface area contributed by atoms with Gasteiger partial charge < -0.3 is 10.1 Å². The molecule has 3 aromatic rings. The van der Waals surface area contributed by atoms with Crippen LogP contribution in [0.2, 0.25) is 0 Å². The van der Waals surface area contributed by atoms with Gasteiger partial charge in [-0.2, -0.15) is 0 Å². The second-order valence-corrected chi connectivity index (χ2v) is 9.28. The Bertz CT molecular complexity index is 1120. The lowest BCUT2D eigenvalue weighted by molar-refractivity contribution is 0.102. The summed E-state index contributed by atoms with van der Waals surface area (Å²) in [5.74, 6) is 0.0771. The Morgan fingerprint density at radius 3 is 2.47 bits per heavy atom. The number of carbonyl (C=O) groups excluding carboxylic acids is 1. The molecular weight excluding hydrogens is 420 g/mol. The lowest BCUT2D eigenvalue weighted by Crippen LogP contribution is -2.25. The smallest absolute Gasteiger partial charge is 0.269 e. The maximum Gasteiger partial charge on any atom is 0.269 e. The Morgan fingerprint density at radius 1 is 1.13 bits per heavy atom. The van der Waals surface area contributed by atoms with Crippen molar-refractivity contribution >= 4 is 33.0 Å². The number of benzene rings is 2. The summed E-state index contributed by atoms with van der Waals surface area (Å²) in [6.07, 6.45) is 1.48. The Kier molecular flexibility index (Phi) is 7.04. The van der Waals surface area contributed by atoms with Crippen molar-refractivity contribution in [2.75, 3.05) is 19.0 Å². The number of hydrogen-bond donors (Lipinski definition) is 2. The minimum Gasteiger partial charge on any atom is -0.495 e. The molecule has 0 fully saturated rings. The van der Waals surface area contributed by atoms with Gasteiger partial charge in [-0.25, -0.2) is 13.1 Å². The fourth-order valence-corrected chi connectivity index (χ4v) is 4.89. The van der Waals surface area contributed by atoms with Crippen LogP contribution in [0.15, 0.2) is 73.3 Å². The van der Waals surface area contributed by atoms with E-state index in [2.05, 4.69) is 16.6 Å². The molecular formula is C22H22N2O4S2. The van der Waals surface area contributed by atoms with Crippen LogP contribution in [0, 0.1) is 0 Å². The molecule has 0 aliphatic heterocycles. The highest BCUT2D eigenvalue weighted by Crippen LogP contribution is 2.36. The third kappa shape index (κ3) is 5.56. The zero-order valence-corrected chi connectivity index (χ0v) is 18.1. The molecule has 1 heterocycles. The number of carbonyl (C=O) groups is 1. The molecule has 3 rings (SSSR count). The topological polar surface area (TPSA) is 84.5 Å². The third-order valence-electron chi connectivity index (χ3n) is 4.20. The first-order chi connectivity index (χ1) is 14.4. The van der Waals surface area contributed by atoms with Crippen LogP contribution in [0.25, 0.3) is 10.4 Å². The predicted octanol–water partition coefficient (Wildman–Crippen LogP) is 4.28. The molecule has 0 saturated carbocycles. The van der Waals surface area contributed by atoms with Crippen LogP contribution >= 0.6 is 11.3 Å². The van der Waals surface area contributed by atoms with E-state index >= 15 is 0 Å². The van der Waals surface area contributed by atoms with Gasteiger partial charge in [0.2, 0.25) is 10.0 Å². The van der Waals surface area contributed by atoms with Gasteiger partial charge in [0, 0.05) is 17.1 Å². The van der Waals surface area contributed by atoms with E-state index in [1.807, 2.05) is 36.4 Å². The van der Waals surface area contributed by atoms with Crippen molar-refractivity contribution in [2.45, 2.75) is 5.75 Å². The van der Waals surface area contributed by atoms with E-state index in [-0.39, 0.29) is 18.2 Å². The quantitative estimate of drug-likeness (QED) is 0.485. The van der Waals surface area contributed by atoms with Crippen LogP contribution in [0.1, 0.15) is 15.2 Å². The Morgan fingerprint density at radius 2 is 1.83 bits per heavy atom. The number of hydrogen-bond acceptors (Lipinski definition) is 5. The number of thiophene rings is 1. The lowest BCUT2D eigenvalue weighted by Gasteiger charge is -2.08. The Balaban J connectivity index is 1.72. The summed E-state index contributed by atoms with van der Waals surface area (Å²) in [6.45, 7) is 3.68. The molecule has 1 amide bonds. The van der Waals surface area contributed by atoms with Gasteiger partial charge in [0.25, 0.3) is 5.91 Å². The SMILES string of the molecule is C=CCNS(=O)(=O)Cc1ccc(NC(=O)c2sc(-c3ccccc3)cc2OC)cc1. The Labute approximate surface area is 180 Å². The summed E-state index contributed by atoms with van der Waals surface area (Å²) in [5, 5.41) is 2.84. The third-order valence-corrected chi connectivity index (χ3v) is 6.68. The van der Waals surface area contributed by atoms with Crippen LogP contribution in [-0.4, -0.2) is 28.0 Å². The average molecular weight is 443 g/mol. The maximum absolute atomic E-state index is 12.8. The second kappa shape index (κ2) is 9.71. The summed E-state index contributed by atoms with van der Waals surface area (Å²) >= 11 is 1.35. The summed E-state index contributed by atoms with van der Waals surface area (Å²) in [6, 6.07) is 18.3. The summed E-state index contributed by atoms with van der Waals surface area (Å²) in [5.41, 5.74) is 2.19. The van der Waals surface area contributed by atoms with Gasteiger partial charge in [-0.15, -0.1) is 17.9 Å². The molecule has 0 saturated heterocycles. The van der Waals surface area contributed by atoms with Gasteiger partial charge in [-0.3, -0.25) is 4.79 Å². The molecule has 30 heavy (non-hydrogen) atoms. The minimum atomic E-state index is -3.43. The first-order valence-electron chi connectivity index (χ1n) is 9.13. The number of methoxy groups -OCH3 is 1.